The van der Waals surface area contributed by atoms with E-state index in [0.29, 0.717) is 5.56 Å². The molecule has 0 aliphatic carbocycles. The van der Waals surface area contributed by atoms with Crippen LogP contribution in [-0.4, -0.2) is 26.9 Å². The number of amides is 1. The Morgan fingerprint density at radius 2 is 1.84 bits per heavy atom. The van der Waals surface area contributed by atoms with E-state index >= 15 is 0 Å². The van der Waals surface area contributed by atoms with Gasteiger partial charge in [-0.3, -0.25) is 4.79 Å². The highest BCUT2D eigenvalue weighted by atomic mass is 32.2. The zero-order valence-electron chi connectivity index (χ0n) is 14.2. The Hall–Kier alpha value is -2.25. The number of carbonyl (C=O) groups is 1. The van der Waals surface area contributed by atoms with E-state index in [1.807, 2.05) is 67.3 Å². The van der Waals surface area contributed by atoms with Crippen LogP contribution in [0.5, 0.6) is 0 Å². The number of hydrogen-bond acceptors (Lipinski definition) is 5. The predicted octanol–water partition coefficient (Wildman–Crippen LogP) is 4.25. The summed E-state index contributed by atoms with van der Waals surface area (Å²) < 4.78 is 1.86. The van der Waals surface area contributed by atoms with E-state index in [-0.39, 0.29) is 5.91 Å². The quantitative estimate of drug-likeness (QED) is 0.681. The van der Waals surface area contributed by atoms with Gasteiger partial charge in [-0.05, 0) is 66.9 Å². The first kappa shape index (κ1) is 17.6. The minimum Gasteiger partial charge on any atom is -0.322 e. The van der Waals surface area contributed by atoms with E-state index in [0.717, 1.165) is 26.2 Å². The molecule has 0 bridgehead atoms. The van der Waals surface area contributed by atoms with Gasteiger partial charge in [0.05, 0.1) is 0 Å². The molecule has 3 rings (SSSR count). The molecule has 1 aromatic heterocycles. The Labute approximate surface area is 155 Å². The van der Waals surface area contributed by atoms with Gasteiger partial charge in [-0.25, -0.2) is 0 Å². The van der Waals surface area contributed by atoms with Crippen LogP contribution < -0.4 is 5.32 Å². The summed E-state index contributed by atoms with van der Waals surface area (Å²) >= 11 is 3.15. The molecule has 0 fully saturated rings. The molecule has 0 atom stereocenters. The molecular formula is C18H18N4OS2. The molecule has 3 aromatic rings. The molecule has 1 N–H and O–H groups in total. The lowest BCUT2D eigenvalue weighted by Crippen LogP contribution is -2.13. The number of carbonyl (C=O) groups excluding carboxylic acids is 1. The molecule has 128 valence electrons. The molecule has 1 amide bonds. The number of nitrogens with one attached hydrogen (secondary N) is 1. The van der Waals surface area contributed by atoms with Gasteiger partial charge in [0.25, 0.3) is 5.91 Å². The highest BCUT2D eigenvalue weighted by Crippen LogP contribution is 2.27. The normalized spacial score (nSPS) is 10.7. The molecule has 0 saturated carbocycles. The van der Waals surface area contributed by atoms with Crippen LogP contribution in [0.3, 0.4) is 0 Å². The van der Waals surface area contributed by atoms with Gasteiger partial charge in [-0.2, -0.15) is 0 Å². The fourth-order valence-corrected chi connectivity index (χ4v) is 3.45. The second-order valence-corrected chi connectivity index (χ2v) is 7.41. The minimum absolute atomic E-state index is 0.0953. The third-order valence-corrected chi connectivity index (χ3v) is 5.47. The number of benzene rings is 2. The maximum absolute atomic E-state index is 12.5. The van der Waals surface area contributed by atoms with Gasteiger partial charge in [0.15, 0.2) is 5.16 Å². The van der Waals surface area contributed by atoms with Gasteiger partial charge in [-0.15, -0.1) is 22.0 Å². The smallest absolute Gasteiger partial charge is 0.255 e. The zero-order chi connectivity index (χ0) is 17.8. The van der Waals surface area contributed by atoms with Gasteiger partial charge in [0, 0.05) is 28.1 Å². The van der Waals surface area contributed by atoms with Crippen LogP contribution in [0.1, 0.15) is 15.9 Å². The maximum atomic E-state index is 12.5. The van der Waals surface area contributed by atoms with Gasteiger partial charge >= 0.3 is 0 Å². The fraction of sp³-hybridized carbons (Fsp3) is 0.167. The average Bonchev–Trinajstić information content (AvgIpc) is 3.02. The molecule has 25 heavy (non-hydrogen) atoms. The molecule has 5 nitrogen and oxygen atoms in total. The summed E-state index contributed by atoms with van der Waals surface area (Å²) in [5, 5.41) is 11.7. The van der Waals surface area contributed by atoms with E-state index in [1.54, 1.807) is 18.1 Å². The summed E-state index contributed by atoms with van der Waals surface area (Å²) in [5.41, 5.74) is 2.43. The van der Waals surface area contributed by atoms with Crippen LogP contribution in [0.4, 0.5) is 5.69 Å². The van der Waals surface area contributed by atoms with Crippen molar-refractivity contribution < 1.29 is 4.79 Å². The highest BCUT2D eigenvalue weighted by molar-refractivity contribution is 7.99. The third kappa shape index (κ3) is 4.24. The number of aryl methyl sites for hydroxylation is 2. The van der Waals surface area contributed by atoms with Gasteiger partial charge in [0.1, 0.15) is 6.33 Å². The Balaban J connectivity index is 1.71. The van der Waals surface area contributed by atoms with Crippen molar-refractivity contribution in [3.63, 3.8) is 0 Å². The first-order valence-electron chi connectivity index (χ1n) is 7.64. The monoisotopic (exact) mass is 370 g/mol. The largest absolute Gasteiger partial charge is 0.322 e. The van der Waals surface area contributed by atoms with E-state index in [4.69, 9.17) is 0 Å². The SMILES string of the molecule is CSc1ccc(C)c(C(=O)Nc2ccc(Sc3nncn3C)cc2)c1. The highest BCUT2D eigenvalue weighted by Gasteiger charge is 2.11. The Morgan fingerprint density at radius 3 is 2.48 bits per heavy atom. The van der Waals surface area contributed by atoms with Crippen LogP contribution in [0.25, 0.3) is 0 Å². The van der Waals surface area contributed by atoms with Crippen molar-refractivity contribution in [3.8, 4) is 0 Å². The van der Waals surface area contributed by atoms with Gasteiger partial charge < -0.3 is 9.88 Å². The van der Waals surface area contributed by atoms with Gasteiger partial charge in [0.2, 0.25) is 0 Å². The molecule has 0 aliphatic heterocycles. The average molecular weight is 371 g/mol. The number of aromatic nitrogens is 3. The van der Waals surface area contributed by atoms with Crippen LogP contribution in [0.2, 0.25) is 0 Å². The lowest BCUT2D eigenvalue weighted by molar-refractivity contribution is 0.102. The molecule has 0 unspecified atom stereocenters. The molecule has 0 aliphatic rings. The maximum Gasteiger partial charge on any atom is 0.255 e. The predicted molar refractivity (Wildman–Crippen MR) is 102 cm³/mol. The van der Waals surface area contributed by atoms with Crippen molar-refractivity contribution in [2.24, 2.45) is 7.05 Å². The van der Waals surface area contributed by atoms with Crippen molar-refractivity contribution in [1.29, 1.82) is 0 Å². The Kier molecular flexibility index (Phi) is 5.45. The summed E-state index contributed by atoms with van der Waals surface area (Å²) in [6.07, 6.45) is 3.67. The van der Waals surface area contributed by atoms with E-state index in [1.165, 1.54) is 11.8 Å². The Bertz CT molecular complexity index is 890. The topological polar surface area (TPSA) is 59.8 Å². The molecule has 2 aromatic carbocycles. The number of rotatable bonds is 5. The van der Waals surface area contributed by atoms with Crippen molar-refractivity contribution in [3.05, 3.63) is 59.9 Å². The summed E-state index contributed by atoms with van der Waals surface area (Å²) in [6.45, 7) is 1.94. The third-order valence-electron chi connectivity index (χ3n) is 3.68. The summed E-state index contributed by atoms with van der Waals surface area (Å²) in [6, 6.07) is 13.6. The molecule has 0 spiro atoms. The Morgan fingerprint density at radius 1 is 1.12 bits per heavy atom. The van der Waals surface area contributed by atoms with Gasteiger partial charge in [-0.1, -0.05) is 6.07 Å². The number of nitrogens with zero attached hydrogens (tertiary/aromatic N) is 3. The zero-order valence-corrected chi connectivity index (χ0v) is 15.8. The van der Waals surface area contributed by atoms with Crippen LogP contribution in [0.15, 0.2) is 63.7 Å². The summed E-state index contributed by atoms with van der Waals surface area (Å²) in [4.78, 5) is 14.7. The standard InChI is InChI=1S/C18H18N4OS2/c1-12-4-7-15(24-3)10-16(12)17(23)20-13-5-8-14(9-6-13)25-18-21-19-11-22(18)2/h4-11H,1-3H3,(H,20,23). The number of anilines is 1. The molecule has 1 heterocycles. The van der Waals surface area contributed by atoms with E-state index < -0.39 is 0 Å². The van der Waals surface area contributed by atoms with E-state index in [9.17, 15) is 4.79 Å². The lowest BCUT2D eigenvalue weighted by Gasteiger charge is -2.09. The second kappa shape index (κ2) is 7.76. The number of hydrogen-bond donors (Lipinski definition) is 1. The van der Waals surface area contributed by atoms with Crippen molar-refractivity contribution in [2.75, 3.05) is 11.6 Å². The number of thioether (sulfide) groups is 1. The fourth-order valence-electron chi connectivity index (χ4n) is 2.25. The van der Waals surface area contributed by atoms with Crippen LogP contribution >= 0.6 is 23.5 Å². The summed E-state index contributed by atoms with van der Waals surface area (Å²) in [5.74, 6) is -0.0953. The second-order valence-electron chi connectivity index (χ2n) is 5.49. The van der Waals surface area contributed by atoms with Crippen LogP contribution in [0, 0.1) is 6.92 Å². The molecule has 0 radical (unpaired) electrons. The summed E-state index contributed by atoms with van der Waals surface area (Å²) in [7, 11) is 1.90. The first-order chi connectivity index (χ1) is 12.1. The molecule has 0 saturated heterocycles. The van der Waals surface area contributed by atoms with Crippen molar-refractivity contribution in [1.82, 2.24) is 14.8 Å². The van der Waals surface area contributed by atoms with E-state index in [2.05, 4.69) is 15.5 Å². The van der Waals surface area contributed by atoms with Crippen LogP contribution in [-0.2, 0) is 7.05 Å². The first-order valence-corrected chi connectivity index (χ1v) is 9.69. The van der Waals surface area contributed by atoms with Crippen molar-refractivity contribution in [2.45, 2.75) is 21.9 Å². The molecule has 7 heteroatoms. The van der Waals surface area contributed by atoms with Crippen molar-refractivity contribution >= 4 is 35.1 Å². The molecular weight excluding hydrogens is 352 g/mol. The minimum atomic E-state index is -0.0953. The lowest BCUT2D eigenvalue weighted by atomic mass is 10.1.